The molecule has 1 aromatic rings. The van der Waals surface area contributed by atoms with Crippen LogP contribution in [0.4, 0.5) is 0 Å². The standard InChI is InChI=1S/C10H17N3O2/c1-3-11-6-9-12-10(15-13-9)8-4-5-14-7(8)2/h7-8,11H,3-6H2,1-2H3. The van der Waals surface area contributed by atoms with Crippen LogP contribution >= 0.6 is 0 Å². The van der Waals surface area contributed by atoms with Crippen LogP contribution < -0.4 is 5.32 Å². The van der Waals surface area contributed by atoms with Gasteiger partial charge in [0.15, 0.2) is 5.82 Å². The lowest BCUT2D eigenvalue weighted by Gasteiger charge is -2.07. The van der Waals surface area contributed by atoms with Gasteiger partial charge in [0.25, 0.3) is 0 Å². The Balaban J connectivity index is 1.99. The Hall–Kier alpha value is -0.940. The normalized spacial score (nSPS) is 26.0. The van der Waals surface area contributed by atoms with E-state index >= 15 is 0 Å². The maximum absolute atomic E-state index is 5.47. The molecule has 1 N–H and O–H groups in total. The Morgan fingerprint density at radius 1 is 1.53 bits per heavy atom. The van der Waals surface area contributed by atoms with Crippen molar-refractivity contribution in [1.82, 2.24) is 15.5 Å². The van der Waals surface area contributed by atoms with Crippen LogP contribution in [-0.2, 0) is 11.3 Å². The van der Waals surface area contributed by atoms with Crippen molar-refractivity contribution in [2.24, 2.45) is 0 Å². The molecule has 2 rings (SSSR count). The molecular weight excluding hydrogens is 194 g/mol. The van der Waals surface area contributed by atoms with E-state index in [0.29, 0.717) is 12.4 Å². The average Bonchev–Trinajstić information content (AvgIpc) is 2.83. The van der Waals surface area contributed by atoms with Gasteiger partial charge in [0, 0.05) is 6.61 Å². The van der Waals surface area contributed by atoms with Gasteiger partial charge in [0.2, 0.25) is 5.89 Å². The van der Waals surface area contributed by atoms with Gasteiger partial charge in [-0.2, -0.15) is 4.98 Å². The third-order valence-corrected chi connectivity index (χ3v) is 2.71. The lowest BCUT2D eigenvalue weighted by molar-refractivity contribution is 0.113. The van der Waals surface area contributed by atoms with E-state index in [1.807, 2.05) is 13.8 Å². The Morgan fingerprint density at radius 2 is 2.40 bits per heavy atom. The Labute approximate surface area is 89.2 Å². The predicted molar refractivity (Wildman–Crippen MR) is 54.5 cm³/mol. The van der Waals surface area contributed by atoms with Crippen molar-refractivity contribution in [1.29, 1.82) is 0 Å². The summed E-state index contributed by atoms with van der Waals surface area (Å²) in [6, 6.07) is 0. The van der Waals surface area contributed by atoms with Crippen molar-refractivity contribution >= 4 is 0 Å². The highest BCUT2D eigenvalue weighted by atomic mass is 16.5. The molecule has 0 aliphatic carbocycles. The molecule has 1 fully saturated rings. The second kappa shape index (κ2) is 4.72. The van der Waals surface area contributed by atoms with Crippen LogP contribution in [0.15, 0.2) is 4.52 Å². The number of nitrogens with one attached hydrogen (secondary N) is 1. The SMILES string of the molecule is CCNCc1noc(C2CCOC2C)n1. The molecule has 0 spiro atoms. The fraction of sp³-hybridized carbons (Fsp3) is 0.800. The van der Waals surface area contributed by atoms with Gasteiger partial charge < -0.3 is 14.6 Å². The molecule has 5 heteroatoms. The highest BCUT2D eigenvalue weighted by Gasteiger charge is 2.30. The van der Waals surface area contributed by atoms with Gasteiger partial charge in [-0.15, -0.1) is 0 Å². The van der Waals surface area contributed by atoms with Gasteiger partial charge in [-0.3, -0.25) is 0 Å². The number of aromatic nitrogens is 2. The lowest BCUT2D eigenvalue weighted by Crippen LogP contribution is -2.13. The molecule has 2 heterocycles. The van der Waals surface area contributed by atoms with E-state index in [1.54, 1.807) is 0 Å². The second-order valence-corrected chi connectivity index (χ2v) is 3.80. The summed E-state index contributed by atoms with van der Waals surface area (Å²) in [5.74, 6) is 1.71. The number of hydrogen-bond donors (Lipinski definition) is 1. The Bertz CT molecular complexity index is 313. The van der Waals surface area contributed by atoms with Crippen molar-refractivity contribution in [3.05, 3.63) is 11.7 Å². The van der Waals surface area contributed by atoms with E-state index in [9.17, 15) is 0 Å². The molecule has 1 saturated heterocycles. The molecule has 1 aliphatic heterocycles. The summed E-state index contributed by atoms with van der Waals surface area (Å²) in [4.78, 5) is 4.36. The molecule has 5 nitrogen and oxygen atoms in total. The molecule has 1 aliphatic rings. The molecule has 2 unspecified atom stereocenters. The fourth-order valence-electron chi connectivity index (χ4n) is 1.78. The summed E-state index contributed by atoms with van der Waals surface area (Å²) < 4.78 is 10.7. The number of ether oxygens (including phenoxy) is 1. The zero-order chi connectivity index (χ0) is 10.7. The average molecular weight is 211 g/mol. The topological polar surface area (TPSA) is 60.2 Å². The molecule has 0 bridgehead atoms. The van der Waals surface area contributed by atoms with Crippen LogP contribution in [0.3, 0.4) is 0 Å². The van der Waals surface area contributed by atoms with Crippen molar-refractivity contribution in [2.45, 2.75) is 38.8 Å². The molecule has 2 atom stereocenters. The lowest BCUT2D eigenvalue weighted by atomic mass is 10.0. The Morgan fingerprint density at radius 3 is 3.07 bits per heavy atom. The van der Waals surface area contributed by atoms with Crippen LogP contribution in [0, 0.1) is 0 Å². The van der Waals surface area contributed by atoms with Crippen LogP contribution in [0.2, 0.25) is 0 Å². The van der Waals surface area contributed by atoms with Crippen molar-refractivity contribution in [3.8, 4) is 0 Å². The van der Waals surface area contributed by atoms with Crippen molar-refractivity contribution in [3.63, 3.8) is 0 Å². The highest BCUT2D eigenvalue weighted by molar-refractivity contribution is 4.99. The predicted octanol–water partition coefficient (Wildman–Crippen LogP) is 1.07. The number of nitrogens with zero attached hydrogens (tertiary/aromatic N) is 2. The fourth-order valence-corrected chi connectivity index (χ4v) is 1.78. The van der Waals surface area contributed by atoms with Gasteiger partial charge in [0.1, 0.15) is 0 Å². The first-order valence-corrected chi connectivity index (χ1v) is 5.46. The minimum absolute atomic E-state index is 0.192. The van der Waals surface area contributed by atoms with Crippen LogP contribution in [0.25, 0.3) is 0 Å². The van der Waals surface area contributed by atoms with Gasteiger partial charge >= 0.3 is 0 Å². The smallest absolute Gasteiger partial charge is 0.232 e. The van der Waals surface area contributed by atoms with E-state index in [4.69, 9.17) is 9.26 Å². The maximum Gasteiger partial charge on any atom is 0.232 e. The van der Waals surface area contributed by atoms with Gasteiger partial charge in [-0.1, -0.05) is 12.1 Å². The van der Waals surface area contributed by atoms with E-state index in [1.165, 1.54) is 0 Å². The van der Waals surface area contributed by atoms with E-state index < -0.39 is 0 Å². The van der Waals surface area contributed by atoms with E-state index in [-0.39, 0.29) is 12.0 Å². The largest absolute Gasteiger partial charge is 0.378 e. The van der Waals surface area contributed by atoms with Gasteiger partial charge in [-0.05, 0) is 19.9 Å². The quantitative estimate of drug-likeness (QED) is 0.807. The molecule has 84 valence electrons. The van der Waals surface area contributed by atoms with E-state index in [2.05, 4.69) is 15.5 Å². The molecule has 0 aromatic carbocycles. The van der Waals surface area contributed by atoms with Crippen LogP contribution in [0.1, 0.15) is 37.9 Å². The zero-order valence-corrected chi connectivity index (χ0v) is 9.19. The summed E-state index contributed by atoms with van der Waals surface area (Å²) in [5, 5.41) is 7.09. The van der Waals surface area contributed by atoms with Crippen molar-refractivity contribution in [2.75, 3.05) is 13.2 Å². The molecule has 0 amide bonds. The first-order chi connectivity index (χ1) is 7.31. The van der Waals surface area contributed by atoms with Gasteiger partial charge in [-0.25, -0.2) is 0 Å². The third kappa shape index (κ3) is 2.35. The van der Waals surface area contributed by atoms with Crippen LogP contribution in [-0.4, -0.2) is 29.4 Å². The Kier molecular flexibility index (Phi) is 3.33. The summed E-state index contributed by atoms with van der Waals surface area (Å²) in [6.45, 7) is 6.46. The number of rotatable bonds is 4. The molecule has 15 heavy (non-hydrogen) atoms. The summed E-state index contributed by atoms with van der Waals surface area (Å²) in [6.07, 6.45) is 1.17. The highest BCUT2D eigenvalue weighted by Crippen LogP contribution is 2.29. The molecule has 0 radical (unpaired) electrons. The first-order valence-electron chi connectivity index (χ1n) is 5.46. The summed E-state index contributed by atoms with van der Waals surface area (Å²) in [7, 11) is 0. The maximum atomic E-state index is 5.47. The minimum atomic E-state index is 0.192. The zero-order valence-electron chi connectivity index (χ0n) is 9.19. The molecule has 1 aromatic heterocycles. The second-order valence-electron chi connectivity index (χ2n) is 3.80. The first kappa shape index (κ1) is 10.6. The third-order valence-electron chi connectivity index (χ3n) is 2.71. The van der Waals surface area contributed by atoms with E-state index in [0.717, 1.165) is 25.4 Å². The summed E-state index contributed by atoms with van der Waals surface area (Å²) in [5.41, 5.74) is 0. The van der Waals surface area contributed by atoms with Gasteiger partial charge in [0.05, 0.1) is 18.6 Å². The molecular formula is C10H17N3O2. The monoisotopic (exact) mass is 211 g/mol. The minimum Gasteiger partial charge on any atom is -0.378 e. The van der Waals surface area contributed by atoms with Crippen molar-refractivity contribution < 1.29 is 9.26 Å². The molecule has 0 saturated carbocycles. The number of hydrogen-bond acceptors (Lipinski definition) is 5. The van der Waals surface area contributed by atoms with Crippen LogP contribution in [0.5, 0.6) is 0 Å². The summed E-state index contributed by atoms with van der Waals surface area (Å²) >= 11 is 0.